The summed E-state index contributed by atoms with van der Waals surface area (Å²) in [6, 6.07) is 16.0. The number of rotatable bonds is 2. The number of nitrogens with two attached hydrogens (primary N) is 1. The zero-order valence-electron chi connectivity index (χ0n) is 10.7. The van der Waals surface area contributed by atoms with E-state index in [1.807, 2.05) is 37.3 Å². The Kier molecular flexibility index (Phi) is 5.69. The fourth-order valence-electron chi connectivity index (χ4n) is 1.32. The monoisotopic (exact) mass is 279 g/mol. The molecular weight excluding hydrogens is 262 g/mol. The van der Waals surface area contributed by atoms with Crippen LogP contribution in [-0.2, 0) is 16.7 Å². The van der Waals surface area contributed by atoms with Gasteiger partial charge in [-0.1, -0.05) is 48.0 Å². The molecule has 5 heteroatoms. The highest BCUT2D eigenvalue weighted by molar-refractivity contribution is 7.85. The summed E-state index contributed by atoms with van der Waals surface area (Å²) in [6.45, 7) is 2.48. The Balaban J connectivity index is 0.000000200. The molecule has 0 aliphatic heterocycles. The smallest absolute Gasteiger partial charge is 0.294 e. The van der Waals surface area contributed by atoms with E-state index >= 15 is 0 Å². The molecule has 0 radical (unpaired) electrons. The van der Waals surface area contributed by atoms with Crippen molar-refractivity contribution in [1.29, 1.82) is 0 Å². The molecule has 102 valence electrons. The Bertz CT molecular complexity index is 592. The molecule has 3 N–H and O–H groups in total. The maximum absolute atomic E-state index is 10.5. The first kappa shape index (κ1) is 15.4. The van der Waals surface area contributed by atoms with Crippen molar-refractivity contribution < 1.29 is 13.0 Å². The zero-order chi connectivity index (χ0) is 14.3. The second kappa shape index (κ2) is 7.04. The fraction of sp³-hybridized carbons (Fsp3) is 0.143. The molecule has 0 aromatic heterocycles. The molecular formula is C14H17NO3S. The van der Waals surface area contributed by atoms with Crippen LogP contribution in [-0.4, -0.2) is 13.0 Å². The third-order valence-corrected chi connectivity index (χ3v) is 3.27. The van der Waals surface area contributed by atoms with Gasteiger partial charge in [-0.15, -0.1) is 0 Å². The van der Waals surface area contributed by atoms with E-state index < -0.39 is 10.1 Å². The molecule has 4 nitrogen and oxygen atoms in total. The Morgan fingerprint density at radius 2 is 1.53 bits per heavy atom. The van der Waals surface area contributed by atoms with Crippen LogP contribution in [0.25, 0.3) is 0 Å². The van der Waals surface area contributed by atoms with Gasteiger partial charge in [0, 0.05) is 6.54 Å². The lowest BCUT2D eigenvalue weighted by Gasteiger charge is -1.95. The highest BCUT2D eigenvalue weighted by Crippen LogP contribution is 2.08. The van der Waals surface area contributed by atoms with E-state index in [2.05, 4.69) is 0 Å². The largest absolute Gasteiger partial charge is 0.326 e. The first-order chi connectivity index (χ1) is 8.93. The molecule has 0 aliphatic carbocycles. The lowest BCUT2D eigenvalue weighted by atomic mass is 10.2. The lowest BCUT2D eigenvalue weighted by Crippen LogP contribution is -1.96. The molecule has 0 saturated heterocycles. The first-order valence-corrected chi connectivity index (χ1v) is 7.15. The highest BCUT2D eigenvalue weighted by Gasteiger charge is 2.06. The predicted molar refractivity (Wildman–Crippen MR) is 75.3 cm³/mol. The third kappa shape index (κ3) is 5.65. The van der Waals surface area contributed by atoms with Crippen LogP contribution in [0.2, 0.25) is 0 Å². The molecule has 0 saturated carbocycles. The first-order valence-electron chi connectivity index (χ1n) is 5.71. The average Bonchev–Trinajstić information content (AvgIpc) is 2.40. The van der Waals surface area contributed by atoms with Crippen molar-refractivity contribution in [3.8, 4) is 0 Å². The lowest BCUT2D eigenvalue weighted by molar-refractivity contribution is 0.483. The molecule has 0 spiro atoms. The fourth-order valence-corrected chi connectivity index (χ4v) is 1.80. The van der Waals surface area contributed by atoms with Gasteiger partial charge in [0.15, 0.2) is 0 Å². The molecule has 2 aromatic rings. The predicted octanol–water partition coefficient (Wildman–Crippen LogP) is 2.39. The highest BCUT2D eigenvalue weighted by atomic mass is 32.2. The molecule has 0 bridgehead atoms. The van der Waals surface area contributed by atoms with Crippen LogP contribution in [0.5, 0.6) is 0 Å². The minimum Gasteiger partial charge on any atom is -0.326 e. The topological polar surface area (TPSA) is 80.4 Å². The molecule has 2 aromatic carbocycles. The van der Waals surface area contributed by atoms with Crippen molar-refractivity contribution in [2.75, 3.05) is 0 Å². The van der Waals surface area contributed by atoms with Gasteiger partial charge >= 0.3 is 0 Å². The van der Waals surface area contributed by atoms with Crippen LogP contribution in [0.1, 0.15) is 11.1 Å². The number of hydrogen-bond acceptors (Lipinski definition) is 3. The van der Waals surface area contributed by atoms with Crippen molar-refractivity contribution in [1.82, 2.24) is 0 Å². The number of benzene rings is 2. The van der Waals surface area contributed by atoms with Gasteiger partial charge in [0.25, 0.3) is 10.1 Å². The van der Waals surface area contributed by atoms with Crippen LogP contribution < -0.4 is 5.73 Å². The van der Waals surface area contributed by atoms with E-state index in [1.165, 1.54) is 17.7 Å². The molecule has 0 aliphatic rings. The summed E-state index contributed by atoms with van der Waals surface area (Å²) < 4.78 is 29.6. The van der Waals surface area contributed by atoms with Gasteiger partial charge in [0.2, 0.25) is 0 Å². The molecule has 0 heterocycles. The van der Waals surface area contributed by atoms with Crippen molar-refractivity contribution in [3.63, 3.8) is 0 Å². The van der Waals surface area contributed by atoms with Gasteiger partial charge in [-0.2, -0.15) is 8.42 Å². The van der Waals surface area contributed by atoms with Gasteiger partial charge in [-0.05, 0) is 24.6 Å². The summed E-state index contributed by atoms with van der Waals surface area (Å²) in [6.07, 6.45) is 0. The quantitative estimate of drug-likeness (QED) is 0.827. The van der Waals surface area contributed by atoms with Crippen LogP contribution >= 0.6 is 0 Å². The molecule has 19 heavy (non-hydrogen) atoms. The number of aryl methyl sites for hydroxylation is 1. The maximum Gasteiger partial charge on any atom is 0.294 e. The second-order valence-corrected chi connectivity index (χ2v) is 5.40. The zero-order valence-corrected chi connectivity index (χ0v) is 11.5. The van der Waals surface area contributed by atoms with Crippen molar-refractivity contribution >= 4 is 10.1 Å². The summed E-state index contributed by atoms with van der Waals surface area (Å²) in [5.74, 6) is 0. The van der Waals surface area contributed by atoms with Crippen LogP contribution in [0.4, 0.5) is 0 Å². The molecule has 0 unspecified atom stereocenters. The summed E-state index contributed by atoms with van der Waals surface area (Å²) in [5, 5.41) is 0. The van der Waals surface area contributed by atoms with E-state index in [0.29, 0.717) is 6.54 Å². The van der Waals surface area contributed by atoms with E-state index in [4.69, 9.17) is 10.3 Å². The third-order valence-electron chi connectivity index (χ3n) is 2.40. The van der Waals surface area contributed by atoms with E-state index in [9.17, 15) is 8.42 Å². The molecule has 0 fully saturated rings. The van der Waals surface area contributed by atoms with Crippen molar-refractivity contribution in [2.45, 2.75) is 18.4 Å². The van der Waals surface area contributed by atoms with Crippen molar-refractivity contribution in [2.24, 2.45) is 5.73 Å². The van der Waals surface area contributed by atoms with Crippen LogP contribution in [0.3, 0.4) is 0 Å². The summed E-state index contributed by atoms with van der Waals surface area (Å²) in [4.78, 5) is -0.0666. The van der Waals surface area contributed by atoms with Gasteiger partial charge in [-0.3, -0.25) is 4.55 Å². The summed E-state index contributed by atoms with van der Waals surface area (Å²) in [7, 11) is -4.02. The van der Waals surface area contributed by atoms with Crippen LogP contribution in [0.15, 0.2) is 59.5 Å². The number of hydrogen-bond donors (Lipinski definition) is 2. The summed E-state index contributed by atoms with van der Waals surface area (Å²) in [5.41, 5.74) is 7.49. The second-order valence-electron chi connectivity index (χ2n) is 3.98. The standard InChI is InChI=1S/C7H9N.C7H8O3S/c8-6-7-4-2-1-3-5-7;1-6-2-4-7(5-3-6)11(8,9)10/h1-5H,6,8H2;2-5H,1H3,(H,8,9,10). The minimum atomic E-state index is -4.02. The average molecular weight is 279 g/mol. The Morgan fingerprint density at radius 1 is 1.00 bits per heavy atom. The van der Waals surface area contributed by atoms with Gasteiger partial charge in [-0.25, -0.2) is 0 Å². The SMILES string of the molecule is Cc1ccc(S(=O)(=O)O)cc1.NCc1ccccc1. The van der Waals surface area contributed by atoms with E-state index in [0.717, 1.165) is 5.56 Å². The Morgan fingerprint density at radius 3 is 1.89 bits per heavy atom. The molecule has 0 atom stereocenters. The van der Waals surface area contributed by atoms with E-state index in [-0.39, 0.29) is 4.90 Å². The Hall–Kier alpha value is -1.69. The maximum atomic E-state index is 10.5. The van der Waals surface area contributed by atoms with Crippen LogP contribution in [0, 0.1) is 6.92 Å². The summed E-state index contributed by atoms with van der Waals surface area (Å²) >= 11 is 0. The normalized spacial score (nSPS) is 10.5. The van der Waals surface area contributed by atoms with E-state index in [1.54, 1.807) is 12.1 Å². The molecule has 0 amide bonds. The minimum absolute atomic E-state index is 0.0666. The van der Waals surface area contributed by atoms with Crippen molar-refractivity contribution in [3.05, 3.63) is 65.7 Å². The van der Waals surface area contributed by atoms with Gasteiger partial charge < -0.3 is 5.73 Å². The van der Waals surface area contributed by atoms with Gasteiger partial charge in [0.05, 0.1) is 4.90 Å². The van der Waals surface area contributed by atoms with Gasteiger partial charge in [0.1, 0.15) is 0 Å². The Labute approximate surface area is 113 Å². The molecule has 2 rings (SSSR count).